The van der Waals surface area contributed by atoms with Crippen LogP contribution in [-0.4, -0.2) is 48.2 Å². The highest BCUT2D eigenvalue weighted by atomic mass is 16.6. The highest BCUT2D eigenvalue weighted by molar-refractivity contribution is 5.81. The molecule has 0 aliphatic carbocycles. The maximum absolute atomic E-state index is 12.2. The predicted octanol–water partition coefficient (Wildman–Crippen LogP) is 2.60. The monoisotopic (exact) mass is 414 g/mol. The maximum atomic E-state index is 12.2. The zero-order valence-corrected chi connectivity index (χ0v) is 19.1. The fourth-order valence-electron chi connectivity index (χ4n) is 2.75. The number of carbonyl (C=O) groups is 3. The number of amides is 3. The molecule has 0 aromatic carbocycles. The van der Waals surface area contributed by atoms with Gasteiger partial charge in [0, 0.05) is 25.0 Å². The minimum atomic E-state index is -0.600. The van der Waals surface area contributed by atoms with E-state index in [4.69, 9.17) is 10.5 Å². The van der Waals surface area contributed by atoms with Crippen molar-refractivity contribution in [2.45, 2.75) is 110 Å². The number of nitrogens with two attached hydrogens (primary N) is 1. The molecule has 0 saturated carbocycles. The number of hydrogen-bond donors (Lipinski definition) is 4. The standard InChI is InChI=1S/C21H42N4O4/c1-7-10-15(2)24-18(26)13-12-16(3)25-19(27)17(22)11-8-9-14-23-20(28)29-21(4,5)6/h15-17H,7-14,22H2,1-6H3,(H,23,28)(H,24,26)(H,25,27). The van der Waals surface area contributed by atoms with Gasteiger partial charge in [-0.3, -0.25) is 9.59 Å². The average molecular weight is 415 g/mol. The van der Waals surface area contributed by atoms with Crippen LogP contribution >= 0.6 is 0 Å². The molecule has 0 aromatic heterocycles. The van der Waals surface area contributed by atoms with E-state index in [0.29, 0.717) is 32.2 Å². The Hall–Kier alpha value is -1.83. The molecular formula is C21H42N4O4. The van der Waals surface area contributed by atoms with Crippen LogP contribution in [0.1, 0.15) is 86.5 Å². The molecule has 0 fully saturated rings. The summed E-state index contributed by atoms with van der Waals surface area (Å²) in [6.45, 7) is 11.9. The third kappa shape index (κ3) is 15.7. The van der Waals surface area contributed by atoms with Gasteiger partial charge in [-0.25, -0.2) is 4.79 Å². The Balaban J connectivity index is 3.92. The Morgan fingerprint density at radius 1 is 0.966 bits per heavy atom. The van der Waals surface area contributed by atoms with Crippen molar-refractivity contribution < 1.29 is 19.1 Å². The molecule has 0 aliphatic heterocycles. The second-order valence-electron chi connectivity index (χ2n) is 8.74. The molecule has 170 valence electrons. The SMILES string of the molecule is CCCC(C)NC(=O)CCC(C)NC(=O)C(N)CCCCNC(=O)OC(C)(C)C. The van der Waals surface area contributed by atoms with Crippen molar-refractivity contribution in [1.29, 1.82) is 0 Å². The lowest BCUT2D eigenvalue weighted by atomic mass is 10.1. The van der Waals surface area contributed by atoms with Crippen LogP contribution in [0.5, 0.6) is 0 Å². The van der Waals surface area contributed by atoms with E-state index in [1.165, 1.54) is 0 Å². The van der Waals surface area contributed by atoms with Gasteiger partial charge < -0.3 is 26.4 Å². The highest BCUT2D eigenvalue weighted by Gasteiger charge is 2.17. The van der Waals surface area contributed by atoms with Crippen molar-refractivity contribution >= 4 is 17.9 Å². The molecule has 0 aromatic rings. The first-order valence-electron chi connectivity index (χ1n) is 10.8. The summed E-state index contributed by atoms with van der Waals surface area (Å²) < 4.78 is 5.15. The van der Waals surface area contributed by atoms with Gasteiger partial charge in [-0.1, -0.05) is 13.3 Å². The summed E-state index contributed by atoms with van der Waals surface area (Å²) in [5.74, 6) is -0.203. The molecule has 3 atom stereocenters. The summed E-state index contributed by atoms with van der Waals surface area (Å²) in [5, 5.41) is 8.50. The zero-order chi connectivity index (χ0) is 22.4. The molecular weight excluding hydrogens is 372 g/mol. The molecule has 8 heteroatoms. The van der Waals surface area contributed by atoms with E-state index in [2.05, 4.69) is 22.9 Å². The first kappa shape index (κ1) is 27.2. The van der Waals surface area contributed by atoms with Gasteiger partial charge in [0.2, 0.25) is 11.8 Å². The topological polar surface area (TPSA) is 123 Å². The smallest absolute Gasteiger partial charge is 0.407 e. The summed E-state index contributed by atoms with van der Waals surface area (Å²) in [6, 6.07) is -0.539. The van der Waals surface area contributed by atoms with E-state index < -0.39 is 17.7 Å². The van der Waals surface area contributed by atoms with E-state index in [1.807, 2.05) is 34.6 Å². The first-order chi connectivity index (χ1) is 13.4. The third-order valence-corrected chi connectivity index (χ3v) is 4.27. The molecule has 0 bridgehead atoms. The van der Waals surface area contributed by atoms with Crippen molar-refractivity contribution in [3.8, 4) is 0 Å². The van der Waals surface area contributed by atoms with Crippen LogP contribution in [-0.2, 0) is 14.3 Å². The van der Waals surface area contributed by atoms with Gasteiger partial charge in [0.15, 0.2) is 0 Å². The van der Waals surface area contributed by atoms with Gasteiger partial charge in [-0.05, 0) is 66.7 Å². The number of unbranched alkanes of at least 4 members (excludes halogenated alkanes) is 1. The quantitative estimate of drug-likeness (QED) is 0.345. The van der Waals surface area contributed by atoms with Crippen LogP contribution in [0.3, 0.4) is 0 Å². The molecule has 29 heavy (non-hydrogen) atoms. The summed E-state index contributed by atoms with van der Waals surface area (Å²) in [5.41, 5.74) is 5.42. The minimum Gasteiger partial charge on any atom is -0.444 e. The second-order valence-corrected chi connectivity index (χ2v) is 8.74. The van der Waals surface area contributed by atoms with Crippen LogP contribution in [0, 0.1) is 0 Å². The van der Waals surface area contributed by atoms with Crippen molar-refractivity contribution in [1.82, 2.24) is 16.0 Å². The summed E-state index contributed by atoms with van der Waals surface area (Å²) >= 11 is 0. The molecule has 0 rings (SSSR count). The van der Waals surface area contributed by atoms with Crippen molar-refractivity contribution in [2.75, 3.05) is 6.54 Å². The Morgan fingerprint density at radius 2 is 1.59 bits per heavy atom. The van der Waals surface area contributed by atoms with Crippen LogP contribution < -0.4 is 21.7 Å². The predicted molar refractivity (Wildman–Crippen MR) is 115 cm³/mol. The van der Waals surface area contributed by atoms with Crippen molar-refractivity contribution in [3.05, 3.63) is 0 Å². The zero-order valence-electron chi connectivity index (χ0n) is 19.1. The Kier molecular flexibility index (Phi) is 13.3. The van der Waals surface area contributed by atoms with Crippen LogP contribution in [0.25, 0.3) is 0 Å². The number of carbonyl (C=O) groups excluding carboxylic acids is 3. The average Bonchev–Trinajstić information content (AvgIpc) is 2.58. The molecule has 0 radical (unpaired) electrons. The fraction of sp³-hybridized carbons (Fsp3) is 0.857. The van der Waals surface area contributed by atoms with Crippen LogP contribution in [0.4, 0.5) is 4.79 Å². The fourth-order valence-corrected chi connectivity index (χ4v) is 2.75. The third-order valence-electron chi connectivity index (χ3n) is 4.27. The number of rotatable bonds is 13. The van der Waals surface area contributed by atoms with Gasteiger partial charge in [0.05, 0.1) is 6.04 Å². The molecule has 0 aliphatic rings. The van der Waals surface area contributed by atoms with E-state index >= 15 is 0 Å². The molecule has 3 amide bonds. The summed E-state index contributed by atoms with van der Waals surface area (Å²) in [4.78, 5) is 35.6. The Morgan fingerprint density at radius 3 is 2.17 bits per heavy atom. The second kappa shape index (κ2) is 14.2. The Bertz CT molecular complexity index is 505. The number of ether oxygens (including phenoxy) is 1. The van der Waals surface area contributed by atoms with Crippen molar-refractivity contribution in [3.63, 3.8) is 0 Å². The summed E-state index contributed by atoms with van der Waals surface area (Å²) in [7, 11) is 0. The first-order valence-corrected chi connectivity index (χ1v) is 10.8. The van der Waals surface area contributed by atoms with Gasteiger partial charge in [0.1, 0.15) is 5.60 Å². The molecule has 0 saturated heterocycles. The van der Waals surface area contributed by atoms with Crippen molar-refractivity contribution in [2.24, 2.45) is 5.73 Å². The molecule has 3 unspecified atom stereocenters. The lowest BCUT2D eigenvalue weighted by molar-refractivity contribution is -0.124. The van der Waals surface area contributed by atoms with E-state index in [1.54, 1.807) is 0 Å². The lowest BCUT2D eigenvalue weighted by Crippen LogP contribution is -2.44. The van der Waals surface area contributed by atoms with Gasteiger partial charge in [-0.15, -0.1) is 0 Å². The molecule has 8 nitrogen and oxygen atoms in total. The number of alkyl carbamates (subject to hydrolysis) is 1. The van der Waals surface area contributed by atoms with Crippen LogP contribution in [0.2, 0.25) is 0 Å². The normalized spacial score (nSPS) is 14.4. The number of hydrogen-bond acceptors (Lipinski definition) is 5. The van der Waals surface area contributed by atoms with E-state index in [0.717, 1.165) is 19.3 Å². The number of nitrogens with one attached hydrogen (secondary N) is 3. The van der Waals surface area contributed by atoms with Crippen LogP contribution in [0.15, 0.2) is 0 Å². The largest absolute Gasteiger partial charge is 0.444 e. The lowest BCUT2D eigenvalue weighted by Gasteiger charge is -2.20. The maximum Gasteiger partial charge on any atom is 0.407 e. The Labute approximate surface area is 176 Å². The molecule has 0 spiro atoms. The van der Waals surface area contributed by atoms with E-state index in [9.17, 15) is 14.4 Å². The summed E-state index contributed by atoms with van der Waals surface area (Å²) in [6.07, 6.45) is 4.46. The molecule has 0 heterocycles. The van der Waals surface area contributed by atoms with E-state index in [-0.39, 0.29) is 23.9 Å². The minimum absolute atomic E-state index is 0.00818. The van der Waals surface area contributed by atoms with Gasteiger partial charge in [0.25, 0.3) is 0 Å². The van der Waals surface area contributed by atoms with Gasteiger partial charge >= 0.3 is 6.09 Å². The molecule has 5 N–H and O–H groups in total. The van der Waals surface area contributed by atoms with Gasteiger partial charge in [-0.2, -0.15) is 0 Å². The highest BCUT2D eigenvalue weighted by Crippen LogP contribution is 2.07.